The summed E-state index contributed by atoms with van der Waals surface area (Å²) in [7, 11) is 0. The minimum absolute atomic E-state index is 0.271. The fourth-order valence-corrected chi connectivity index (χ4v) is 2.56. The molecule has 8 heteroatoms. The molecule has 0 atom stereocenters. The molecular formula is C18H16F3N3O2. The maximum atomic E-state index is 12.1. The fourth-order valence-electron chi connectivity index (χ4n) is 2.56. The van der Waals surface area contributed by atoms with E-state index in [1.165, 1.54) is 12.1 Å². The van der Waals surface area contributed by atoms with Crippen molar-refractivity contribution < 1.29 is 22.7 Å². The normalized spacial score (nSPS) is 11.5. The minimum atomic E-state index is -4.75. The molecule has 0 radical (unpaired) electrons. The summed E-state index contributed by atoms with van der Waals surface area (Å²) in [6.07, 6.45) is -0.381. The first-order valence-electron chi connectivity index (χ1n) is 7.96. The Balaban J connectivity index is 1.48. The number of nitrogens with zero attached hydrogens (tertiary/aromatic N) is 2. The van der Waals surface area contributed by atoms with Crippen LogP contribution in [0.2, 0.25) is 0 Å². The second-order valence-corrected chi connectivity index (χ2v) is 5.61. The molecule has 0 aliphatic rings. The number of alkyl halides is 3. The fraction of sp³-hybridized carbons (Fsp3) is 0.222. The highest BCUT2D eigenvalue weighted by atomic mass is 19.4. The molecule has 2 heterocycles. The predicted octanol–water partition coefficient (Wildman–Crippen LogP) is 3.76. The van der Waals surface area contributed by atoms with E-state index in [1.807, 2.05) is 29.0 Å². The van der Waals surface area contributed by atoms with Crippen LogP contribution in [0.3, 0.4) is 0 Å². The summed E-state index contributed by atoms with van der Waals surface area (Å²) in [5, 5.41) is 3.79. The first-order chi connectivity index (χ1) is 12.4. The van der Waals surface area contributed by atoms with Crippen LogP contribution >= 0.6 is 0 Å². The molecule has 26 heavy (non-hydrogen) atoms. The topological polar surface area (TPSA) is 56.2 Å². The van der Waals surface area contributed by atoms with Gasteiger partial charge in [-0.15, -0.1) is 13.2 Å². The standard InChI is InChI=1S/C18H16F3N3O2/c19-18(20,21)26-15-6-4-14(5-7-15)17(25)23-10-2-11-24-12-8-13-3-1-9-22-16(13)24/h1,3-9,12H,2,10-11H2,(H,23,25). The summed E-state index contributed by atoms with van der Waals surface area (Å²) in [6, 6.07) is 10.6. The van der Waals surface area contributed by atoms with Crippen molar-refractivity contribution in [3.05, 3.63) is 60.4 Å². The largest absolute Gasteiger partial charge is 0.573 e. The number of aryl methyl sites for hydroxylation is 1. The van der Waals surface area contributed by atoms with E-state index in [0.717, 1.165) is 23.2 Å². The Labute approximate surface area is 147 Å². The second kappa shape index (κ2) is 7.47. The van der Waals surface area contributed by atoms with Crippen molar-refractivity contribution in [2.75, 3.05) is 6.54 Å². The average Bonchev–Trinajstić information content (AvgIpc) is 3.01. The number of nitrogens with one attached hydrogen (secondary N) is 1. The molecule has 3 rings (SSSR count). The zero-order valence-electron chi connectivity index (χ0n) is 13.7. The molecule has 0 spiro atoms. The summed E-state index contributed by atoms with van der Waals surface area (Å²) in [5.41, 5.74) is 1.16. The van der Waals surface area contributed by atoms with Gasteiger partial charge in [0.15, 0.2) is 0 Å². The molecular weight excluding hydrogens is 347 g/mol. The molecule has 1 amide bonds. The minimum Gasteiger partial charge on any atom is -0.406 e. The Morgan fingerprint density at radius 1 is 1.15 bits per heavy atom. The molecule has 0 unspecified atom stereocenters. The molecule has 1 aromatic carbocycles. The Hall–Kier alpha value is -3.03. The van der Waals surface area contributed by atoms with Crippen LogP contribution in [-0.4, -0.2) is 28.4 Å². The maximum Gasteiger partial charge on any atom is 0.573 e. The number of hydrogen-bond acceptors (Lipinski definition) is 3. The van der Waals surface area contributed by atoms with Crippen molar-refractivity contribution in [1.29, 1.82) is 0 Å². The van der Waals surface area contributed by atoms with Gasteiger partial charge in [-0.05, 0) is 48.9 Å². The van der Waals surface area contributed by atoms with Gasteiger partial charge in [-0.3, -0.25) is 4.79 Å². The van der Waals surface area contributed by atoms with E-state index in [-0.39, 0.29) is 17.2 Å². The number of fused-ring (bicyclic) bond motifs is 1. The molecule has 5 nitrogen and oxygen atoms in total. The number of carbonyl (C=O) groups is 1. The highest BCUT2D eigenvalue weighted by Gasteiger charge is 2.31. The molecule has 3 aromatic rings. The monoisotopic (exact) mass is 363 g/mol. The van der Waals surface area contributed by atoms with E-state index in [9.17, 15) is 18.0 Å². The van der Waals surface area contributed by atoms with E-state index in [1.54, 1.807) is 6.20 Å². The highest BCUT2D eigenvalue weighted by Crippen LogP contribution is 2.22. The van der Waals surface area contributed by atoms with Gasteiger partial charge < -0.3 is 14.6 Å². The number of rotatable bonds is 6. The van der Waals surface area contributed by atoms with E-state index in [0.29, 0.717) is 19.5 Å². The van der Waals surface area contributed by atoms with Crippen LogP contribution in [0, 0.1) is 0 Å². The number of ether oxygens (including phenoxy) is 1. The van der Waals surface area contributed by atoms with Crippen LogP contribution in [0.25, 0.3) is 11.0 Å². The summed E-state index contributed by atoms with van der Waals surface area (Å²) < 4.78 is 42.1. The molecule has 0 bridgehead atoms. The predicted molar refractivity (Wildman–Crippen MR) is 89.8 cm³/mol. The number of pyridine rings is 1. The quantitative estimate of drug-likeness (QED) is 0.679. The number of carbonyl (C=O) groups excluding carboxylic acids is 1. The number of hydrogen-bond donors (Lipinski definition) is 1. The Morgan fingerprint density at radius 2 is 1.92 bits per heavy atom. The summed E-state index contributed by atoms with van der Waals surface area (Å²) >= 11 is 0. The van der Waals surface area contributed by atoms with Gasteiger partial charge >= 0.3 is 6.36 Å². The van der Waals surface area contributed by atoms with Gasteiger partial charge in [-0.2, -0.15) is 0 Å². The maximum absolute atomic E-state index is 12.1. The smallest absolute Gasteiger partial charge is 0.406 e. The molecule has 0 saturated carbocycles. The molecule has 1 N–H and O–H groups in total. The van der Waals surface area contributed by atoms with Crippen molar-refractivity contribution >= 4 is 16.9 Å². The summed E-state index contributed by atoms with van der Waals surface area (Å²) in [5.74, 6) is -0.708. The Kier molecular flexibility index (Phi) is 5.11. The SMILES string of the molecule is O=C(NCCCn1ccc2cccnc21)c1ccc(OC(F)(F)F)cc1. The Morgan fingerprint density at radius 3 is 2.65 bits per heavy atom. The highest BCUT2D eigenvalue weighted by molar-refractivity contribution is 5.94. The van der Waals surface area contributed by atoms with Crippen molar-refractivity contribution in [1.82, 2.24) is 14.9 Å². The zero-order valence-corrected chi connectivity index (χ0v) is 13.7. The number of benzene rings is 1. The first-order valence-corrected chi connectivity index (χ1v) is 7.96. The van der Waals surface area contributed by atoms with Gasteiger partial charge in [-0.25, -0.2) is 4.98 Å². The van der Waals surface area contributed by atoms with Crippen LogP contribution in [0.1, 0.15) is 16.8 Å². The lowest BCUT2D eigenvalue weighted by Gasteiger charge is -2.10. The first kappa shape index (κ1) is 17.8. The van der Waals surface area contributed by atoms with E-state index in [2.05, 4.69) is 15.0 Å². The van der Waals surface area contributed by atoms with Gasteiger partial charge in [0, 0.05) is 36.4 Å². The van der Waals surface area contributed by atoms with Gasteiger partial charge in [0.25, 0.3) is 5.91 Å². The molecule has 0 saturated heterocycles. The van der Waals surface area contributed by atoms with Gasteiger partial charge in [-0.1, -0.05) is 0 Å². The lowest BCUT2D eigenvalue weighted by molar-refractivity contribution is -0.274. The third kappa shape index (κ3) is 4.53. The Bertz CT molecular complexity index is 889. The van der Waals surface area contributed by atoms with Crippen molar-refractivity contribution in [2.24, 2.45) is 0 Å². The zero-order chi connectivity index (χ0) is 18.6. The summed E-state index contributed by atoms with van der Waals surface area (Å²) in [6.45, 7) is 1.13. The van der Waals surface area contributed by atoms with Gasteiger partial charge in [0.05, 0.1) is 0 Å². The molecule has 0 aliphatic heterocycles. The molecule has 2 aromatic heterocycles. The van der Waals surface area contributed by atoms with E-state index in [4.69, 9.17) is 0 Å². The second-order valence-electron chi connectivity index (χ2n) is 5.61. The van der Waals surface area contributed by atoms with E-state index >= 15 is 0 Å². The lowest BCUT2D eigenvalue weighted by atomic mass is 10.2. The number of aromatic nitrogens is 2. The van der Waals surface area contributed by atoms with Crippen molar-refractivity contribution in [2.45, 2.75) is 19.3 Å². The van der Waals surface area contributed by atoms with Crippen LogP contribution in [0.4, 0.5) is 13.2 Å². The lowest BCUT2D eigenvalue weighted by Crippen LogP contribution is -2.25. The van der Waals surface area contributed by atoms with Crippen molar-refractivity contribution in [3.63, 3.8) is 0 Å². The van der Waals surface area contributed by atoms with Gasteiger partial charge in [0.1, 0.15) is 11.4 Å². The van der Waals surface area contributed by atoms with Crippen molar-refractivity contribution in [3.8, 4) is 5.75 Å². The van der Waals surface area contributed by atoms with Crippen LogP contribution < -0.4 is 10.1 Å². The third-order valence-corrected chi connectivity index (χ3v) is 3.73. The molecule has 0 fully saturated rings. The number of halogens is 3. The van der Waals surface area contributed by atoms with Crippen LogP contribution in [0.15, 0.2) is 54.9 Å². The molecule has 136 valence electrons. The number of amides is 1. The van der Waals surface area contributed by atoms with Crippen LogP contribution in [-0.2, 0) is 6.54 Å². The van der Waals surface area contributed by atoms with E-state index < -0.39 is 6.36 Å². The summed E-state index contributed by atoms with van der Waals surface area (Å²) in [4.78, 5) is 16.3. The third-order valence-electron chi connectivity index (χ3n) is 3.73. The average molecular weight is 363 g/mol. The van der Waals surface area contributed by atoms with Crippen LogP contribution in [0.5, 0.6) is 5.75 Å². The van der Waals surface area contributed by atoms with Gasteiger partial charge in [0.2, 0.25) is 0 Å². The molecule has 0 aliphatic carbocycles.